The highest BCUT2D eigenvalue weighted by molar-refractivity contribution is 7.91. The summed E-state index contributed by atoms with van der Waals surface area (Å²) in [5.41, 5.74) is -0.241. The smallest absolute Gasteiger partial charge is 0.155 e. The number of hydrogen-bond acceptors (Lipinski definition) is 3. The van der Waals surface area contributed by atoms with Gasteiger partial charge in [-0.3, -0.25) is 0 Å². The predicted octanol–water partition coefficient (Wildman–Crippen LogP) is 0.743. The van der Waals surface area contributed by atoms with Crippen LogP contribution in [0.2, 0.25) is 0 Å². The van der Waals surface area contributed by atoms with Crippen LogP contribution in [-0.4, -0.2) is 31.6 Å². The molecule has 12 heavy (non-hydrogen) atoms. The summed E-state index contributed by atoms with van der Waals surface area (Å²) in [6, 6.07) is 0. The molecule has 0 saturated carbocycles. The lowest BCUT2D eigenvalue weighted by Crippen LogP contribution is -2.18. The van der Waals surface area contributed by atoms with E-state index in [1.54, 1.807) is 0 Å². The minimum absolute atomic E-state index is 0.0362. The summed E-state index contributed by atoms with van der Waals surface area (Å²) < 4.78 is 27.7. The Morgan fingerprint density at radius 3 is 2.83 bits per heavy atom. The van der Waals surface area contributed by atoms with Gasteiger partial charge in [0.1, 0.15) is 11.7 Å². The van der Waals surface area contributed by atoms with Crippen molar-refractivity contribution in [2.75, 3.05) is 11.5 Å². The van der Waals surface area contributed by atoms with E-state index in [1.807, 2.05) is 0 Å². The van der Waals surface area contributed by atoms with Crippen molar-refractivity contribution in [3.8, 4) is 0 Å². The highest BCUT2D eigenvalue weighted by Crippen LogP contribution is 2.48. The molecule has 0 aromatic heterocycles. The minimum Gasteiger partial charge on any atom is -0.364 e. The number of rotatable bonds is 3. The quantitative estimate of drug-likeness (QED) is 0.617. The lowest BCUT2D eigenvalue weighted by molar-refractivity contribution is 0.290. The van der Waals surface area contributed by atoms with Crippen molar-refractivity contribution in [3.63, 3.8) is 0 Å². The Hall–Kier alpha value is -0.0900. The van der Waals surface area contributed by atoms with Crippen molar-refractivity contribution in [3.05, 3.63) is 0 Å². The lowest BCUT2D eigenvalue weighted by Gasteiger charge is -2.05. The van der Waals surface area contributed by atoms with Gasteiger partial charge in [-0.1, -0.05) is 19.8 Å². The van der Waals surface area contributed by atoms with E-state index in [2.05, 4.69) is 6.92 Å². The van der Waals surface area contributed by atoms with Crippen molar-refractivity contribution in [2.24, 2.45) is 0 Å². The zero-order valence-electron chi connectivity index (χ0n) is 7.25. The van der Waals surface area contributed by atoms with Crippen molar-refractivity contribution in [2.45, 2.75) is 37.9 Å². The number of ether oxygens (including phenoxy) is 1. The maximum Gasteiger partial charge on any atom is 0.155 e. The van der Waals surface area contributed by atoms with E-state index in [1.165, 1.54) is 0 Å². The summed E-state index contributed by atoms with van der Waals surface area (Å²) in [7, 11) is -2.76. The second kappa shape index (κ2) is 2.45. The molecule has 2 aliphatic heterocycles. The SMILES string of the molecule is CCCCC12CS(=O)(=O)CC1O2. The fourth-order valence-corrected chi connectivity index (χ4v) is 4.09. The molecule has 0 aliphatic carbocycles. The van der Waals surface area contributed by atoms with Crippen molar-refractivity contribution < 1.29 is 13.2 Å². The molecular weight excluding hydrogens is 176 g/mol. The van der Waals surface area contributed by atoms with Gasteiger partial charge in [-0.05, 0) is 6.42 Å². The maximum absolute atomic E-state index is 11.2. The third-order valence-corrected chi connectivity index (χ3v) is 4.47. The molecule has 2 unspecified atom stereocenters. The summed E-state index contributed by atoms with van der Waals surface area (Å²) in [5, 5.41) is 0. The molecule has 2 heterocycles. The fourth-order valence-electron chi connectivity index (χ4n) is 1.99. The van der Waals surface area contributed by atoms with E-state index in [0.717, 1.165) is 19.3 Å². The van der Waals surface area contributed by atoms with Gasteiger partial charge < -0.3 is 4.74 Å². The third-order valence-electron chi connectivity index (χ3n) is 2.73. The first-order valence-corrected chi connectivity index (χ1v) is 6.28. The van der Waals surface area contributed by atoms with Gasteiger partial charge in [0, 0.05) is 0 Å². The zero-order chi connectivity index (χ0) is 8.82. The monoisotopic (exact) mass is 190 g/mol. The average molecular weight is 190 g/mol. The molecule has 2 fully saturated rings. The lowest BCUT2D eigenvalue weighted by atomic mass is 10.0. The number of sulfone groups is 1. The fraction of sp³-hybridized carbons (Fsp3) is 1.00. The van der Waals surface area contributed by atoms with Gasteiger partial charge in [0.25, 0.3) is 0 Å². The van der Waals surface area contributed by atoms with Crippen molar-refractivity contribution in [1.82, 2.24) is 0 Å². The first-order chi connectivity index (χ1) is 5.58. The molecule has 70 valence electrons. The van der Waals surface area contributed by atoms with Crippen LogP contribution in [-0.2, 0) is 14.6 Å². The number of fused-ring (bicyclic) bond motifs is 1. The van der Waals surface area contributed by atoms with Crippen LogP contribution in [0.25, 0.3) is 0 Å². The van der Waals surface area contributed by atoms with Crippen molar-refractivity contribution in [1.29, 1.82) is 0 Å². The van der Waals surface area contributed by atoms with Gasteiger partial charge in [-0.2, -0.15) is 0 Å². The predicted molar refractivity (Wildman–Crippen MR) is 45.8 cm³/mol. The van der Waals surface area contributed by atoms with Crippen LogP contribution in [0.15, 0.2) is 0 Å². The summed E-state index contributed by atoms with van der Waals surface area (Å²) in [4.78, 5) is 0. The van der Waals surface area contributed by atoms with Crippen LogP contribution in [0.1, 0.15) is 26.2 Å². The molecule has 2 aliphatic rings. The molecule has 2 atom stereocenters. The van der Waals surface area contributed by atoms with E-state index in [4.69, 9.17) is 4.74 Å². The topological polar surface area (TPSA) is 46.7 Å². The van der Waals surface area contributed by atoms with Crippen LogP contribution in [0, 0.1) is 0 Å². The molecule has 0 bridgehead atoms. The van der Waals surface area contributed by atoms with E-state index in [0.29, 0.717) is 0 Å². The molecule has 3 nitrogen and oxygen atoms in total. The Balaban J connectivity index is 2.00. The Kier molecular flexibility index (Phi) is 1.74. The van der Waals surface area contributed by atoms with Crippen LogP contribution >= 0.6 is 0 Å². The highest BCUT2D eigenvalue weighted by Gasteiger charge is 2.64. The van der Waals surface area contributed by atoms with Crippen LogP contribution in [0.4, 0.5) is 0 Å². The number of hydrogen-bond donors (Lipinski definition) is 0. The number of epoxide rings is 1. The van der Waals surface area contributed by atoms with Gasteiger partial charge in [-0.25, -0.2) is 8.42 Å². The second-order valence-corrected chi connectivity index (χ2v) is 5.94. The molecule has 0 amide bonds. The van der Waals surface area contributed by atoms with Gasteiger partial charge in [0.05, 0.1) is 11.5 Å². The standard InChI is InChI=1S/C8H14O3S/c1-2-3-4-8-6-12(9,10)5-7(8)11-8/h7H,2-6H2,1H3. The first kappa shape index (κ1) is 8.51. The van der Waals surface area contributed by atoms with Crippen LogP contribution < -0.4 is 0 Å². The second-order valence-electron chi connectivity index (χ2n) is 3.83. The summed E-state index contributed by atoms with van der Waals surface area (Å²) in [5.74, 6) is 0.529. The zero-order valence-corrected chi connectivity index (χ0v) is 8.06. The van der Waals surface area contributed by atoms with Gasteiger partial charge in [0.15, 0.2) is 9.84 Å². The molecular formula is C8H14O3S. The molecule has 0 aromatic rings. The maximum atomic E-state index is 11.2. The molecule has 2 rings (SSSR count). The van der Waals surface area contributed by atoms with E-state index < -0.39 is 9.84 Å². The Bertz CT molecular complexity index is 283. The molecule has 0 aromatic carbocycles. The Morgan fingerprint density at radius 2 is 2.33 bits per heavy atom. The molecule has 0 radical (unpaired) electrons. The molecule has 4 heteroatoms. The van der Waals surface area contributed by atoms with E-state index >= 15 is 0 Å². The van der Waals surface area contributed by atoms with E-state index in [9.17, 15) is 8.42 Å². The van der Waals surface area contributed by atoms with Gasteiger partial charge >= 0.3 is 0 Å². The van der Waals surface area contributed by atoms with Crippen LogP contribution in [0.3, 0.4) is 0 Å². The third kappa shape index (κ3) is 1.27. The summed E-state index contributed by atoms with van der Waals surface area (Å²) in [6.45, 7) is 2.11. The van der Waals surface area contributed by atoms with Crippen LogP contribution in [0.5, 0.6) is 0 Å². The highest BCUT2D eigenvalue weighted by atomic mass is 32.2. The minimum atomic E-state index is -2.76. The van der Waals surface area contributed by atoms with Crippen molar-refractivity contribution >= 4 is 9.84 Å². The summed E-state index contributed by atoms with van der Waals surface area (Å²) in [6.07, 6.45) is 3.14. The van der Waals surface area contributed by atoms with E-state index in [-0.39, 0.29) is 23.2 Å². The molecule has 0 N–H and O–H groups in total. The van der Waals surface area contributed by atoms with Gasteiger partial charge in [0.2, 0.25) is 0 Å². The largest absolute Gasteiger partial charge is 0.364 e. The summed E-state index contributed by atoms with van der Waals surface area (Å²) >= 11 is 0. The Morgan fingerprint density at radius 1 is 1.58 bits per heavy atom. The molecule has 0 spiro atoms. The normalized spacial score (nSPS) is 42.6. The Labute approximate surface area is 73.0 Å². The average Bonchev–Trinajstić information content (AvgIpc) is 2.50. The first-order valence-electron chi connectivity index (χ1n) is 4.46. The van der Waals surface area contributed by atoms with Gasteiger partial charge in [-0.15, -0.1) is 0 Å². The molecule has 2 saturated heterocycles. The number of unbranched alkanes of at least 4 members (excludes halogenated alkanes) is 1.